The SMILES string of the molecule is [2H]c1c(CS(=O)(=O)N([2H])C)c([2H])c2c(CC([2H])([2H])N(C)C)cn([2H])c2c1[2H]. The molecular weight excluding hydrogens is 274 g/mol. The van der Waals surface area contributed by atoms with Gasteiger partial charge in [-0.25, -0.2) is 13.1 Å². The Balaban J connectivity index is 2.77. The number of likely N-dealkylation sites (N-methyl/N-ethyl adjacent to an activating group) is 1. The number of benzene rings is 1. The molecule has 0 unspecified atom stereocenters. The van der Waals surface area contributed by atoms with Crippen LogP contribution in [0.15, 0.2) is 24.3 Å². The summed E-state index contributed by atoms with van der Waals surface area (Å²) < 4.78 is 80.4. The van der Waals surface area contributed by atoms with Gasteiger partial charge in [0.25, 0.3) is 0 Å². The van der Waals surface area contributed by atoms with Gasteiger partial charge in [0.05, 0.1) is 9.87 Å². The molecule has 0 aliphatic rings. The Bertz CT molecular complexity index is 987. The van der Waals surface area contributed by atoms with Crippen LogP contribution in [0.25, 0.3) is 10.9 Å². The van der Waals surface area contributed by atoms with E-state index in [0.717, 1.165) is 12.0 Å². The van der Waals surface area contributed by atoms with Crippen molar-refractivity contribution in [3.8, 4) is 0 Å². The minimum absolute atomic E-state index is 0.0464. The van der Waals surface area contributed by atoms with Crippen LogP contribution >= 0.6 is 0 Å². The maximum atomic E-state index is 12.1. The Morgan fingerprint density at radius 2 is 2.30 bits per heavy atom. The second kappa shape index (κ2) is 5.95. The molecule has 0 saturated carbocycles. The highest BCUT2D eigenvalue weighted by atomic mass is 32.2. The molecule has 0 radical (unpaired) electrons. The van der Waals surface area contributed by atoms with Gasteiger partial charge in [0.2, 0.25) is 10.0 Å². The predicted molar refractivity (Wildman–Crippen MR) is 82.2 cm³/mol. The Hall–Kier alpha value is -1.37. The molecule has 5 nitrogen and oxygen atoms in total. The second-order valence-electron chi connectivity index (χ2n) is 4.50. The van der Waals surface area contributed by atoms with Gasteiger partial charge in [-0.2, -0.15) is 0 Å². The monoisotopic (exact) mass is 302 g/mol. The lowest BCUT2D eigenvalue weighted by atomic mass is 10.1. The third-order valence-electron chi connectivity index (χ3n) is 2.71. The quantitative estimate of drug-likeness (QED) is 0.846. The van der Waals surface area contributed by atoms with Crippen molar-refractivity contribution in [3.63, 3.8) is 0 Å². The minimum Gasteiger partial charge on any atom is -0.361 e. The summed E-state index contributed by atoms with van der Waals surface area (Å²) in [4.78, 5) is 2.15. The van der Waals surface area contributed by atoms with Crippen molar-refractivity contribution in [3.05, 3.63) is 35.5 Å². The number of nitrogens with zero attached hydrogens (tertiary/aromatic N) is 1. The highest BCUT2D eigenvalue weighted by molar-refractivity contribution is 7.88. The van der Waals surface area contributed by atoms with Gasteiger partial charge in [-0.3, -0.25) is 0 Å². The van der Waals surface area contributed by atoms with Crippen molar-refractivity contribution in [2.24, 2.45) is 0 Å². The van der Waals surface area contributed by atoms with Crippen LogP contribution in [0, 0.1) is 0 Å². The molecule has 0 amide bonds. The predicted octanol–water partition coefficient (Wildman–Crippen LogP) is 1.32. The Morgan fingerprint density at radius 3 is 2.95 bits per heavy atom. The lowest BCUT2D eigenvalue weighted by Crippen LogP contribution is -2.20. The summed E-state index contributed by atoms with van der Waals surface area (Å²) in [5, 5.41) is 0.0783. The molecule has 1 heterocycles. The third kappa shape index (κ3) is 3.59. The summed E-state index contributed by atoms with van der Waals surface area (Å²) in [5.41, 5.74) is -0.0190. The second-order valence-corrected chi connectivity index (χ2v) is 6.32. The van der Waals surface area contributed by atoms with Crippen molar-refractivity contribution in [2.45, 2.75) is 12.2 Å². The van der Waals surface area contributed by atoms with E-state index < -0.39 is 34.4 Å². The van der Waals surface area contributed by atoms with Crippen LogP contribution < -0.4 is 4.72 Å². The molecule has 1 aromatic heterocycles. The first-order valence-corrected chi connectivity index (χ1v) is 7.56. The first-order valence-electron chi connectivity index (χ1n) is 9.35. The lowest BCUT2D eigenvalue weighted by molar-refractivity contribution is 0.414. The van der Waals surface area contributed by atoms with Crippen LogP contribution in [0.2, 0.25) is 2.82 Å². The molecule has 2 rings (SSSR count). The maximum Gasteiger partial charge on any atom is 0.215 e. The molecule has 0 atom stereocenters. The standard InChI is InChI=1S/C14H21N3O2S/c1-15-20(18,19)10-11-4-5-14-13(8-11)12(9-16-14)6-7-17(2)3/h4-5,8-9,15-16H,6-7,10H2,1-3H3/i4D,5D,7D2,8D/hD2. The maximum absolute atomic E-state index is 12.1. The van der Waals surface area contributed by atoms with Crippen molar-refractivity contribution in [1.29, 1.82) is 0 Å². The number of aromatic nitrogens is 1. The summed E-state index contributed by atoms with van der Waals surface area (Å²) >= 11 is 0. The van der Waals surface area contributed by atoms with Crippen LogP contribution in [-0.4, -0.2) is 45.9 Å². The summed E-state index contributed by atoms with van der Waals surface area (Å²) in [6.45, 7) is -1.80. The molecule has 0 aliphatic heterocycles. The molecule has 20 heavy (non-hydrogen) atoms. The lowest BCUT2D eigenvalue weighted by Gasteiger charge is -2.08. The zero-order valence-corrected chi connectivity index (χ0v) is 12.4. The molecule has 110 valence electrons. The molecular formula is C14H21N3O2S. The van der Waals surface area contributed by atoms with Crippen molar-refractivity contribution < 1.29 is 18.1 Å². The van der Waals surface area contributed by atoms with E-state index in [9.17, 15) is 8.42 Å². The summed E-state index contributed by atoms with van der Waals surface area (Å²) in [7, 11) is 0.00445. The molecule has 0 saturated heterocycles. The van der Waals surface area contributed by atoms with Crippen LogP contribution in [0.4, 0.5) is 0 Å². The van der Waals surface area contributed by atoms with Gasteiger partial charge >= 0.3 is 0 Å². The van der Waals surface area contributed by atoms with Crippen LogP contribution in [0.5, 0.6) is 0 Å². The summed E-state index contributed by atoms with van der Waals surface area (Å²) in [6, 6.07) is -1.25. The van der Waals surface area contributed by atoms with E-state index in [1.807, 2.05) is 0 Å². The van der Waals surface area contributed by atoms with E-state index in [1.54, 1.807) is 14.1 Å². The number of aryl methyl sites for hydroxylation is 1. The van der Waals surface area contributed by atoms with Gasteiger partial charge in [0.1, 0.15) is 1.41 Å². The van der Waals surface area contributed by atoms with Gasteiger partial charge in [0.15, 0.2) is 1.41 Å². The molecule has 0 fully saturated rings. The van der Waals surface area contributed by atoms with E-state index in [1.165, 1.54) is 11.1 Å². The van der Waals surface area contributed by atoms with Gasteiger partial charge < -0.3 is 9.88 Å². The smallest absolute Gasteiger partial charge is 0.215 e. The van der Waals surface area contributed by atoms with E-state index in [-0.39, 0.29) is 39.2 Å². The largest absolute Gasteiger partial charge is 0.361 e. The zero-order chi connectivity index (χ0) is 20.9. The number of sulfonamides is 1. The highest BCUT2D eigenvalue weighted by Gasteiger charge is 2.11. The molecule has 2 aromatic rings. The van der Waals surface area contributed by atoms with Crippen molar-refractivity contribution in [1.82, 2.24) is 14.6 Å². The van der Waals surface area contributed by atoms with Gasteiger partial charge in [-0.15, -0.1) is 0 Å². The van der Waals surface area contributed by atoms with E-state index in [4.69, 9.17) is 9.68 Å². The number of rotatable bonds is 6. The molecule has 6 heteroatoms. The molecule has 0 aliphatic carbocycles. The average molecular weight is 302 g/mol. The fourth-order valence-corrected chi connectivity index (χ4v) is 2.31. The highest BCUT2D eigenvalue weighted by Crippen LogP contribution is 2.21. The summed E-state index contributed by atoms with van der Waals surface area (Å²) in [6.07, 6.45) is 1.09. The van der Waals surface area contributed by atoms with E-state index in [0.29, 0.717) is 0 Å². The Labute approximate surface area is 130 Å². The van der Waals surface area contributed by atoms with Gasteiger partial charge in [-0.1, -0.05) is 6.04 Å². The number of hydrogen-bond acceptors (Lipinski definition) is 3. The number of H-pyrrole nitrogens is 1. The van der Waals surface area contributed by atoms with E-state index >= 15 is 0 Å². The number of fused-ring (bicyclic) bond motifs is 1. The first-order chi connectivity index (χ1) is 12.2. The molecule has 1 aromatic carbocycles. The molecule has 2 N–H and O–H groups in total. The number of aromatic amines is 1. The van der Waals surface area contributed by atoms with Crippen LogP contribution in [-0.2, 0) is 22.2 Å². The zero-order valence-electron chi connectivity index (χ0n) is 18.6. The van der Waals surface area contributed by atoms with Gasteiger partial charge in [0, 0.05) is 26.3 Å². The van der Waals surface area contributed by atoms with Crippen molar-refractivity contribution in [2.75, 3.05) is 27.6 Å². The fourth-order valence-electron chi connectivity index (χ4n) is 1.67. The number of hydrogen-bond donors (Lipinski definition) is 2. The third-order valence-corrected chi connectivity index (χ3v) is 3.92. The fraction of sp³-hybridized carbons (Fsp3) is 0.429. The minimum atomic E-state index is -4.10. The molecule has 0 spiro atoms. The average Bonchev–Trinajstić information content (AvgIpc) is 2.84. The normalized spacial score (nSPS) is 18.4. The van der Waals surface area contributed by atoms with Crippen molar-refractivity contribution >= 4 is 20.9 Å². The van der Waals surface area contributed by atoms with Gasteiger partial charge in [-0.05, 0) is 50.8 Å². The van der Waals surface area contributed by atoms with Crippen LogP contribution in [0.3, 0.4) is 0 Å². The molecule has 0 bridgehead atoms. The van der Waals surface area contributed by atoms with Crippen LogP contribution in [0.1, 0.15) is 18.0 Å². The topological polar surface area (TPSA) is 65.2 Å². The summed E-state index contributed by atoms with van der Waals surface area (Å²) in [5.74, 6) is -0.796. The number of nitrogens with one attached hydrogen (secondary N) is 2. The Morgan fingerprint density at radius 1 is 1.55 bits per heavy atom. The first kappa shape index (κ1) is 8.17. The Kier molecular flexibility index (Phi) is 2.43. The van der Waals surface area contributed by atoms with E-state index in [2.05, 4.69) is 0 Å².